The lowest BCUT2D eigenvalue weighted by molar-refractivity contribution is 0.743. The lowest BCUT2D eigenvalue weighted by Gasteiger charge is -2.20. The first-order chi connectivity index (χ1) is 30.5. The Kier molecular flexibility index (Phi) is 20.6. The molecule has 0 amide bonds. The fraction of sp³-hybridized carbons (Fsp3) is 0.224. The second kappa shape index (κ2) is 26.5. The van der Waals surface area contributed by atoms with Gasteiger partial charge in [0.25, 0.3) is 0 Å². The first-order valence-electron chi connectivity index (χ1n) is 22.3. The highest BCUT2D eigenvalue weighted by atomic mass is 15.0. The van der Waals surface area contributed by atoms with Gasteiger partial charge in [-0.05, 0) is 108 Å². The van der Waals surface area contributed by atoms with E-state index < -0.39 is 0 Å². The Bertz CT molecular complexity index is 2360. The number of hydrogen-bond donors (Lipinski definition) is 1. The van der Waals surface area contributed by atoms with Crippen molar-refractivity contribution in [3.05, 3.63) is 228 Å². The standard InChI is InChI=1S/C54H54N4.2C2H6/c1-5-20-42(21-6-2)41(7-3)34-50(44-26-16-10-17-27-44)38-52(55)46-32-30-45(31-33-46)49-35-48(43-24-14-9-15-25-43)36-51(37-49)54(57-39-40-22-12-8-13-23-40)58-53(56-4)47-28-18-11-19-29-47;2*1-2/h5-6,8-10,12-18,20-32,34-38,41,46H,1,4,7,11,19,33,39,55H2,2-3H3;2*1-2H3/b21-6-,42-20+,50-34+,52-38-,57-54?,58-53?;;. The van der Waals surface area contributed by atoms with E-state index in [2.05, 4.69) is 178 Å². The summed E-state index contributed by atoms with van der Waals surface area (Å²) in [5.41, 5.74) is 18.7. The Morgan fingerprint density at radius 1 is 0.790 bits per heavy atom. The smallest absolute Gasteiger partial charge is 0.160 e. The third-order valence-corrected chi connectivity index (χ3v) is 10.4. The van der Waals surface area contributed by atoms with Gasteiger partial charge in [-0.2, -0.15) is 0 Å². The Morgan fingerprint density at radius 2 is 1.47 bits per heavy atom. The van der Waals surface area contributed by atoms with Gasteiger partial charge >= 0.3 is 0 Å². The van der Waals surface area contributed by atoms with Crippen LogP contribution >= 0.6 is 0 Å². The number of benzene rings is 4. The second-order valence-electron chi connectivity index (χ2n) is 14.4. The summed E-state index contributed by atoms with van der Waals surface area (Å²) in [4.78, 5) is 14.6. The molecule has 4 aromatic rings. The molecule has 318 valence electrons. The highest BCUT2D eigenvalue weighted by molar-refractivity contribution is 6.14. The van der Waals surface area contributed by atoms with Crippen LogP contribution in [0.25, 0.3) is 22.3 Å². The van der Waals surface area contributed by atoms with Gasteiger partial charge in [0.15, 0.2) is 11.7 Å². The normalized spacial score (nSPS) is 16.3. The van der Waals surface area contributed by atoms with E-state index in [-0.39, 0.29) is 11.8 Å². The predicted molar refractivity (Wildman–Crippen MR) is 273 cm³/mol. The fourth-order valence-corrected chi connectivity index (χ4v) is 7.26. The minimum absolute atomic E-state index is 0.0529. The summed E-state index contributed by atoms with van der Waals surface area (Å²) in [6.45, 7) is 20.6. The third-order valence-electron chi connectivity index (χ3n) is 10.4. The first kappa shape index (κ1) is 48.0. The van der Waals surface area contributed by atoms with Gasteiger partial charge in [-0.25, -0.2) is 9.98 Å². The summed E-state index contributed by atoms with van der Waals surface area (Å²) < 4.78 is 0. The highest BCUT2D eigenvalue weighted by Crippen LogP contribution is 2.33. The number of allylic oxidation sites excluding steroid dienone is 14. The SMILES string of the molecule is C=C/C=C(\C=C/C)C(/C=C(\C=C(/N)C1C=CC(c2cc(C(N=C(N=C)C3=CCCC=C3)=NCc3ccccc3)cc(-c3ccccc3)c2)=CC1)c1ccccc1)CC.CC.CC. The van der Waals surface area contributed by atoms with Crippen LogP contribution in [0.3, 0.4) is 0 Å². The molecular weight excluding hydrogens is 753 g/mol. The molecule has 0 fully saturated rings. The van der Waals surface area contributed by atoms with Gasteiger partial charge in [-0.15, -0.1) is 0 Å². The van der Waals surface area contributed by atoms with Gasteiger partial charge in [0.2, 0.25) is 0 Å². The van der Waals surface area contributed by atoms with Crippen LogP contribution in [-0.4, -0.2) is 18.4 Å². The maximum absolute atomic E-state index is 6.99. The molecule has 0 aliphatic heterocycles. The van der Waals surface area contributed by atoms with Crippen LogP contribution in [0, 0.1) is 11.8 Å². The van der Waals surface area contributed by atoms with Crippen molar-refractivity contribution < 1.29 is 0 Å². The van der Waals surface area contributed by atoms with E-state index in [1.165, 1.54) is 5.57 Å². The van der Waals surface area contributed by atoms with E-state index in [1.54, 1.807) is 0 Å². The number of aliphatic imine (C=N–C) groups is 3. The molecule has 2 aliphatic carbocycles. The zero-order valence-corrected chi connectivity index (χ0v) is 37.8. The first-order valence-corrected chi connectivity index (χ1v) is 22.3. The Balaban J connectivity index is 0.00000205. The largest absolute Gasteiger partial charge is 0.402 e. The summed E-state index contributed by atoms with van der Waals surface area (Å²) in [7, 11) is 0. The number of nitrogens with zero attached hydrogens (tertiary/aromatic N) is 3. The average molecular weight is 819 g/mol. The maximum Gasteiger partial charge on any atom is 0.160 e. The van der Waals surface area contributed by atoms with Crippen molar-refractivity contribution >= 4 is 29.5 Å². The van der Waals surface area contributed by atoms with Gasteiger partial charge in [0, 0.05) is 28.7 Å². The molecular formula is C58H66N4. The molecule has 6 rings (SSSR count). The predicted octanol–water partition coefficient (Wildman–Crippen LogP) is 15.3. The fourth-order valence-electron chi connectivity index (χ4n) is 7.26. The zero-order chi connectivity index (χ0) is 44.5. The second-order valence-corrected chi connectivity index (χ2v) is 14.4. The van der Waals surface area contributed by atoms with E-state index >= 15 is 0 Å². The van der Waals surface area contributed by atoms with Gasteiger partial charge in [0.05, 0.1) is 6.54 Å². The van der Waals surface area contributed by atoms with E-state index in [9.17, 15) is 0 Å². The molecule has 0 spiro atoms. The summed E-state index contributed by atoms with van der Waals surface area (Å²) in [5.74, 6) is 1.45. The maximum atomic E-state index is 6.99. The quantitative estimate of drug-likeness (QED) is 0.0769. The van der Waals surface area contributed by atoms with Crippen molar-refractivity contribution in [3.63, 3.8) is 0 Å². The molecule has 2 aliphatic rings. The summed E-state index contributed by atoms with van der Waals surface area (Å²) in [5, 5.41) is 0. The number of amidine groups is 2. The molecule has 4 aromatic carbocycles. The molecule has 0 aromatic heterocycles. The van der Waals surface area contributed by atoms with Crippen molar-refractivity contribution in [1.29, 1.82) is 0 Å². The van der Waals surface area contributed by atoms with Crippen molar-refractivity contribution in [1.82, 2.24) is 0 Å². The van der Waals surface area contributed by atoms with Crippen LogP contribution in [0.1, 0.15) is 89.5 Å². The minimum Gasteiger partial charge on any atom is -0.402 e. The van der Waals surface area contributed by atoms with E-state index in [0.29, 0.717) is 18.2 Å². The van der Waals surface area contributed by atoms with Crippen molar-refractivity contribution in [2.45, 2.75) is 73.8 Å². The summed E-state index contributed by atoms with van der Waals surface area (Å²) in [6.07, 6.45) is 29.6. The molecule has 0 saturated carbocycles. The monoisotopic (exact) mass is 819 g/mol. The Labute approximate surface area is 373 Å². The molecule has 0 saturated heterocycles. The molecule has 4 heteroatoms. The van der Waals surface area contributed by atoms with Gasteiger partial charge in [0.1, 0.15) is 0 Å². The van der Waals surface area contributed by atoms with E-state index in [0.717, 1.165) is 81.5 Å². The molecule has 2 N–H and O–H groups in total. The molecule has 62 heavy (non-hydrogen) atoms. The van der Waals surface area contributed by atoms with Gasteiger partial charge < -0.3 is 5.73 Å². The van der Waals surface area contributed by atoms with Crippen LogP contribution in [0.5, 0.6) is 0 Å². The number of nitrogens with two attached hydrogens (primary N) is 1. The molecule has 0 heterocycles. The topological polar surface area (TPSA) is 63.1 Å². The molecule has 2 atom stereocenters. The van der Waals surface area contributed by atoms with Crippen LogP contribution in [0.4, 0.5) is 0 Å². The van der Waals surface area contributed by atoms with Crippen LogP contribution in [-0.2, 0) is 6.54 Å². The van der Waals surface area contributed by atoms with Crippen LogP contribution in [0.15, 0.2) is 221 Å². The molecule has 4 nitrogen and oxygen atoms in total. The lowest BCUT2D eigenvalue weighted by atomic mass is 9.87. The summed E-state index contributed by atoms with van der Waals surface area (Å²) >= 11 is 0. The number of hydrogen-bond acceptors (Lipinski definition) is 2. The van der Waals surface area contributed by atoms with E-state index in [1.807, 2.05) is 64.1 Å². The van der Waals surface area contributed by atoms with Gasteiger partial charge in [-0.1, -0.05) is 199 Å². The molecule has 2 unspecified atom stereocenters. The van der Waals surface area contributed by atoms with Crippen LogP contribution < -0.4 is 5.73 Å². The van der Waals surface area contributed by atoms with Crippen molar-refractivity contribution in [2.24, 2.45) is 32.5 Å². The van der Waals surface area contributed by atoms with Crippen molar-refractivity contribution in [3.8, 4) is 11.1 Å². The van der Waals surface area contributed by atoms with Gasteiger partial charge in [-0.3, -0.25) is 4.99 Å². The van der Waals surface area contributed by atoms with Crippen LogP contribution in [0.2, 0.25) is 0 Å². The van der Waals surface area contributed by atoms with E-state index in [4.69, 9.17) is 15.7 Å². The number of rotatable bonds is 14. The molecule has 0 radical (unpaired) electrons. The molecule has 0 bridgehead atoms. The Hall–Kier alpha value is -6.65. The van der Waals surface area contributed by atoms with Crippen molar-refractivity contribution in [2.75, 3.05) is 0 Å². The lowest BCUT2D eigenvalue weighted by Crippen LogP contribution is -2.12. The summed E-state index contributed by atoms with van der Waals surface area (Å²) in [6, 6.07) is 37.9. The highest BCUT2D eigenvalue weighted by Gasteiger charge is 2.18. The zero-order valence-electron chi connectivity index (χ0n) is 37.8. The third kappa shape index (κ3) is 14.0. The average Bonchev–Trinajstić information content (AvgIpc) is 3.35. The minimum atomic E-state index is 0.0529. The Morgan fingerprint density at radius 3 is 2.06 bits per heavy atom.